The summed E-state index contributed by atoms with van der Waals surface area (Å²) in [6.07, 6.45) is 1.37. The Labute approximate surface area is 192 Å². The number of carbonyl (C=O) groups is 1. The number of hydrogen-bond acceptors (Lipinski definition) is 10. The first kappa shape index (κ1) is 26.0. The fourth-order valence-electron chi connectivity index (χ4n) is 2.80. The molecule has 2 rings (SSSR count). The van der Waals surface area contributed by atoms with E-state index in [2.05, 4.69) is 0 Å². The van der Waals surface area contributed by atoms with Crippen LogP contribution >= 0.6 is 0 Å². The predicted molar refractivity (Wildman–Crippen MR) is 121 cm³/mol. The van der Waals surface area contributed by atoms with E-state index in [1.165, 1.54) is 52.7 Å². The Balaban J connectivity index is 2.32. The number of rotatable bonds is 11. The highest BCUT2D eigenvalue weighted by molar-refractivity contribution is 7.93. The minimum atomic E-state index is -3.75. The van der Waals surface area contributed by atoms with E-state index in [9.17, 15) is 13.2 Å². The number of hydrogen-bond donors (Lipinski definition) is 2. The van der Waals surface area contributed by atoms with Crippen LogP contribution in [0.3, 0.4) is 0 Å². The number of esters is 1. The Morgan fingerprint density at radius 3 is 2.09 bits per heavy atom. The monoisotopic (exact) mass is 481 g/mol. The highest BCUT2D eigenvalue weighted by atomic mass is 32.2. The number of sulfone groups is 1. The van der Waals surface area contributed by atoms with Gasteiger partial charge in [0.2, 0.25) is 0 Å². The molecule has 0 aliphatic carbocycles. The van der Waals surface area contributed by atoms with Crippen molar-refractivity contribution in [2.75, 3.05) is 35.0 Å². The molecule has 11 heteroatoms. The lowest BCUT2D eigenvalue weighted by Crippen LogP contribution is -2.37. The second-order valence-corrected chi connectivity index (χ2v) is 8.64. The quantitative estimate of drug-likeness (QED) is 0.358. The Hall–Kier alpha value is -3.28. The van der Waals surface area contributed by atoms with Crippen molar-refractivity contribution < 1.29 is 42.0 Å². The van der Waals surface area contributed by atoms with E-state index in [-0.39, 0.29) is 17.3 Å². The Morgan fingerprint density at radius 2 is 1.58 bits per heavy atom. The molecule has 0 fully saturated rings. The largest absolute Gasteiger partial charge is 0.496 e. The van der Waals surface area contributed by atoms with Crippen LogP contribution in [0.5, 0.6) is 28.7 Å². The summed E-state index contributed by atoms with van der Waals surface area (Å²) in [4.78, 5) is 11.9. The van der Waals surface area contributed by atoms with Crippen molar-refractivity contribution in [2.24, 2.45) is 5.73 Å². The first-order valence-corrected chi connectivity index (χ1v) is 11.3. The average Bonchev–Trinajstić information content (AvgIpc) is 2.81. The summed E-state index contributed by atoms with van der Waals surface area (Å²) >= 11 is 0. The lowest BCUT2D eigenvalue weighted by atomic mass is 10.1. The molecule has 2 aromatic rings. The van der Waals surface area contributed by atoms with Gasteiger partial charge in [-0.3, -0.25) is 0 Å². The molecule has 0 saturated heterocycles. The number of nitrogens with two attached hydrogens (primary N) is 1. The number of benzene rings is 2. The van der Waals surface area contributed by atoms with Gasteiger partial charge in [-0.25, -0.2) is 13.2 Å². The van der Waals surface area contributed by atoms with E-state index >= 15 is 0 Å². The minimum Gasteiger partial charge on any atom is -0.496 e. The van der Waals surface area contributed by atoms with Crippen molar-refractivity contribution >= 4 is 21.9 Å². The maximum absolute atomic E-state index is 12.8. The first-order valence-electron chi connectivity index (χ1n) is 9.63. The van der Waals surface area contributed by atoms with Crippen LogP contribution in [-0.2, 0) is 20.4 Å². The van der Waals surface area contributed by atoms with Crippen LogP contribution in [0, 0.1) is 0 Å². The second kappa shape index (κ2) is 11.5. The Kier molecular flexibility index (Phi) is 9.09. The van der Waals surface area contributed by atoms with Crippen LogP contribution in [0.25, 0.3) is 6.08 Å². The highest BCUT2D eigenvalue weighted by Gasteiger charge is 2.19. The molecule has 0 saturated carbocycles. The number of carbonyl (C=O) groups excluding carboxylic acids is 1. The van der Waals surface area contributed by atoms with Gasteiger partial charge in [-0.1, -0.05) is 6.07 Å². The van der Waals surface area contributed by atoms with Crippen molar-refractivity contribution in [1.29, 1.82) is 0 Å². The van der Waals surface area contributed by atoms with Crippen LogP contribution in [0.1, 0.15) is 11.1 Å². The summed E-state index contributed by atoms with van der Waals surface area (Å²) in [6, 6.07) is 6.34. The topological polar surface area (TPSA) is 144 Å². The van der Waals surface area contributed by atoms with Crippen LogP contribution in [-0.4, -0.2) is 60.6 Å². The van der Waals surface area contributed by atoms with Gasteiger partial charge in [0.05, 0.1) is 46.4 Å². The summed E-state index contributed by atoms with van der Waals surface area (Å²) < 4.78 is 51.6. The summed E-state index contributed by atoms with van der Waals surface area (Å²) in [5.41, 5.74) is 6.22. The molecule has 1 atom stereocenters. The molecular formula is C22H27NO9S. The van der Waals surface area contributed by atoms with Crippen LogP contribution in [0.4, 0.5) is 0 Å². The van der Waals surface area contributed by atoms with E-state index in [0.717, 1.165) is 5.41 Å². The molecule has 0 spiro atoms. The van der Waals surface area contributed by atoms with Crippen molar-refractivity contribution in [3.8, 4) is 28.7 Å². The third kappa shape index (κ3) is 6.85. The molecule has 0 aliphatic heterocycles. The van der Waals surface area contributed by atoms with Gasteiger partial charge in [0, 0.05) is 17.5 Å². The number of aliphatic hydroxyl groups is 1. The van der Waals surface area contributed by atoms with Crippen LogP contribution < -0.4 is 29.4 Å². The van der Waals surface area contributed by atoms with Gasteiger partial charge >= 0.3 is 5.97 Å². The van der Waals surface area contributed by atoms with E-state index in [4.69, 9.17) is 34.5 Å². The highest BCUT2D eigenvalue weighted by Crippen LogP contribution is 2.35. The fourth-order valence-corrected chi connectivity index (χ4v) is 3.88. The maximum Gasteiger partial charge on any atom is 0.330 e. The standard InChI is InChI=1S/C22H27NO9S/c1-28-15-10-19(30-3)16(20(11-15)31-4)7-8-33(26,27)13-14-5-6-18(29-2)21(9-14)32-22(25)17(23)12-24/h5-11,17,24H,12-13,23H2,1-4H3/t17-/m0/s1. The van der Waals surface area contributed by atoms with E-state index in [1.807, 2.05) is 0 Å². The third-order valence-electron chi connectivity index (χ3n) is 4.50. The molecule has 10 nitrogen and oxygen atoms in total. The van der Waals surface area contributed by atoms with Crippen molar-refractivity contribution in [3.05, 3.63) is 46.9 Å². The van der Waals surface area contributed by atoms with Crippen molar-refractivity contribution in [1.82, 2.24) is 0 Å². The molecule has 0 amide bonds. The SMILES string of the molecule is COc1cc(OC)c(C=CS(=O)(=O)Cc2ccc(OC)c(OC(=O)[C@@H](N)CO)c2)c(OC)c1. The molecular weight excluding hydrogens is 454 g/mol. The zero-order chi connectivity index (χ0) is 24.6. The zero-order valence-corrected chi connectivity index (χ0v) is 19.5. The normalized spacial score (nSPS) is 12.3. The van der Waals surface area contributed by atoms with Gasteiger partial charge in [0.1, 0.15) is 23.3 Å². The second-order valence-electron chi connectivity index (χ2n) is 6.75. The van der Waals surface area contributed by atoms with Gasteiger partial charge in [0.25, 0.3) is 0 Å². The van der Waals surface area contributed by atoms with E-state index < -0.39 is 28.5 Å². The van der Waals surface area contributed by atoms with Crippen LogP contribution in [0.15, 0.2) is 35.7 Å². The first-order chi connectivity index (χ1) is 15.7. The average molecular weight is 482 g/mol. The molecule has 0 aliphatic rings. The molecule has 0 heterocycles. The smallest absolute Gasteiger partial charge is 0.330 e. The van der Waals surface area contributed by atoms with E-state index in [1.54, 1.807) is 12.1 Å². The summed E-state index contributed by atoms with van der Waals surface area (Å²) in [5.74, 6) is 0.164. The van der Waals surface area contributed by atoms with Gasteiger partial charge in [-0.2, -0.15) is 0 Å². The van der Waals surface area contributed by atoms with Crippen molar-refractivity contribution in [2.45, 2.75) is 11.8 Å². The molecule has 0 unspecified atom stereocenters. The van der Waals surface area contributed by atoms with Gasteiger partial charge in [-0.05, 0) is 23.8 Å². The molecule has 0 radical (unpaired) electrons. The fraction of sp³-hybridized carbons (Fsp3) is 0.318. The Morgan fingerprint density at radius 1 is 0.970 bits per heavy atom. The number of aliphatic hydroxyl groups excluding tert-OH is 1. The Bertz CT molecular complexity index is 1090. The lowest BCUT2D eigenvalue weighted by molar-refractivity contribution is -0.136. The summed E-state index contributed by atoms with van der Waals surface area (Å²) in [7, 11) is 2.00. The zero-order valence-electron chi connectivity index (χ0n) is 18.7. The summed E-state index contributed by atoms with van der Waals surface area (Å²) in [6.45, 7) is -0.599. The van der Waals surface area contributed by atoms with Crippen LogP contribution in [0.2, 0.25) is 0 Å². The molecule has 2 aromatic carbocycles. The molecule has 0 bridgehead atoms. The van der Waals surface area contributed by atoms with E-state index in [0.29, 0.717) is 28.4 Å². The molecule has 0 aromatic heterocycles. The lowest BCUT2D eigenvalue weighted by Gasteiger charge is -2.13. The number of ether oxygens (including phenoxy) is 5. The maximum atomic E-state index is 12.8. The number of methoxy groups -OCH3 is 4. The van der Waals surface area contributed by atoms with Gasteiger partial charge < -0.3 is 34.5 Å². The molecule has 3 N–H and O–H groups in total. The molecule has 180 valence electrons. The molecule has 33 heavy (non-hydrogen) atoms. The summed E-state index contributed by atoms with van der Waals surface area (Å²) in [5, 5.41) is 10.0. The predicted octanol–water partition coefficient (Wildman–Crippen LogP) is 1.53. The van der Waals surface area contributed by atoms with Gasteiger partial charge in [-0.15, -0.1) is 0 Å². The minimum absolute atomic E-state index is 0.0124. The third-order valence-corrected chi connectivity index (χ3v) is 5.79. The van der Waals surface area contributed by atoms with Crippen molar-refractivity contribution in [3.63, 3.8) is 0 Å². The van der Waals surface area contributed by atoms with Gasteiger partial charge in [0.15, 0.2) is 21.3 Å².